The lowest BCUT2D eigenvalue weighted by atomic mass is 9.87. The summed E-state index contributed by atoms with van der Waals surface area (Å²) < 4.78 is 0. The van der Waals surface area contributed by atoms with Gasteiger partial charge in [0.1, 0.15) is 5.75 Å². The van der Waals surface area contributed by atoms with Crippen molar-refractivity contribution in [1.29, 1.82) is 0 Å². The van der Waals surface area contributed by atoms with Crippen LogP contribution in [0.1, 0.15) is 37.8 Å². The zero-order chi connectivity index (χ0) is 20.6. The van der Waals surface area contributed by atoms with Crippen LogP contribution in [0, 0.1) is 5.92 Å². The molecule has 3 rings (SSSR count). The Morgan fingerprint density at radius 1 is 0.966 bits per heavy atom. The molecule has 1 heterocycles. The molecule has 3 heteroatoms. The van der Waals surface area contributed by atoms with Gasteiger partial charge in [0.15, 0.2) is 0 Å². The molecule has 2 aromatic carbocycles. The van der Waals surface area contributed by atoms with Crippen LogP contribution in [0.15, 0.2) is 77.9 Å². The van der Waals surface area contributed by atoms with Gasteiger partial charge in [0, 0.05) is 25.6 Å². The van der Waals surface area contributed by atoms with Crippen molar-refractivity contribution in [3.8, 4) is 5.75 Å². The first-order chi connectivity index (χ1) is 14.1. The number of benzene rings is 2. The first kappa shape index (κ1) is 21.1. The molecule has 1 saturated heterocycles. The van der Waals surface area contributed by atoms with E-state index in [-0.39, 0.29) is 12.4 Å². The van der Waals surface area contributed by atoms with Crippen LogP contribution in [0.3, 0.4) is 0 Å². The van der Waals surface area contributed by atoms with Gasteiger partial charge >= 0.3 is 0 Å². The number of allylic oxidation sites excluding steroid dienone is 5. The molecule has 0 aliphatic carbocycles. The van der Waals surface area contributed by atoms with Gasteiger partial charge in [-0.2, -0.15) is 0 Å². The minimum Gasteiger partial charge on any atom is -0.508 e. The number of hydrogen-bond donors (Lipinski definition) is 3. The Balaban J connectivity index is 2.11. The van der Waals surface area contributed by atoms with Crippen LogP contribution in [-0.4, -0.2) is 29.9 Å². The van der Waals surface area contributed by atoms with E-state index in [1.807, 2.05) is 18.2 Å². The Hall–Kier alpha value is -2.62. The molecule has 0 unspecified atom stereocenters. The fraction of sp³-hybridized carbons (Fsp3) is 0.308. The average molecular weight is 390 g/mol. The van der Waals surface area contributed by atoms with Gasteiger partial charge in [-0.1, -0.05) is 60.2 Å². The smallest absolute Gasteiger partial charge is 0.115 e. The molecule has 0 amide bonds. The average Bonchev–Trinajstić information content (AvgIpc) is 2.70. The van der Waals surface area contributed by atoms with Crippen LogP contribution in [0.2, 0.25) is 0 Å². The van der Waals surface area contributed by atoms with Gasteiger partial charge in [-0.15, -0.1) is 0 Å². The summed E-state index contributed by atoms with van der Waals surface area (Å²) in [4.78, 5) is 0. The maximum absolute atomic E-state index is 9.77. The number of aromatic hydroxyl groups is 1. The summed E-state index contributed by atoms with van der Waals surface area (Å²) in [7, 11) is 0. The van der Waals surface area contributed by atoms with Crippen LogP contribution in [0.4, 0.5) is 0 Å². The number of aliphatic hydroxyl groups is 1. The van der Waals surface area contributed by atoms with Crippen molar-refractivity contribution in [1.82, 2.24) is 5.32 Å². The molecule has 1 aliphatic rings. The maximum Gasteiger partial charge on any atom is 0.115 e. The Morgan fingerprint density at radius 3 is 2.24 bits per heavy atom. The van der Waals surface area contributed by atoms with Crippen LogP contribution in [0.5, 0.6) is 5.75 Å². The van der Waals surface area contributed by atoms with Gasteiger partial charge in [-0.3, -0.25) is 0 Å². The van der Waals surface area contributed by atoms with Crippen LogP contribution < -0.4 is 5.32 Å². The standard InChI is InChI=1S/C26H31NO2/c1-19(23-17-27-18-23)10-11-20(2)26(22-12-14-24(29)15-13-22)25(9-6-16-28)21-7-4-3-5-8-21/h3-5,7-8,10-15,23,27-29H,6,9,16-18H2,1-2H3/b19-10+,20-11+,26-25+. The van der Waals surface area contributed by atoms with Crippen molar-refractivity contribution in [3.05, 3.63) is 89.0 Å². The predicted molar refractivity (Wildman–Crippen MR) is 122 cm³/mol. The summed E-state index contributed by atoms with van der Waals surface area (Å²) in [6.07, 6.45) is 5.94. The lowest BCUT2D eigenvalue weighted by molar-refractivity contribution is 0.290. The summed E-state index contributed by atoms with van der Waals surface area (Å²) in [5.41, 5.74) is 7.20. The second kappa shape index (κ2) is 10.2. The Kier molecular flexibility index (Phi) is 7.45. The van der Waals surface area contributed by atoms with E-state index in [0.717, 1.165) is 25.1 Å². The largest absolute Gasteiger partial charge is 0.508 e. The lowest BCUT2D eigenvalue weighted by Crippen LogP contribution is -2.42. The molecule has 0 bridgehead atoms. The molecule has 0 aromatic heterocycles. The van der Waals surface area contributed by atoms with Crippen molar-refractivity contribution >= 4 is 11.1 Å². The normalized spacial score (nSPS) is 16.4. The molecule has 0 atom stereocenters. The van der Waals surface area contributed by atoms with Gasteiger partial charge < -0.3 is 15.5 Å². The fourth-order valence-corrected chi connectivity index (χ4v) is 3.66. The van der Waals surface area contributed by atoms with E-state index in [0.29, 0.717) is 12.3 Å². The SMILES string of the molecule is CC(=C\C=C(/C)C1CNC1)/C(=C(/CCCO)c1ccccc1)c1ccc(O)cc1. The summed E-state index contributed by atoms with van der Waals surface area (Å²) >= 11 is 0. The van der Waals surface area contributed by atoms with E-state index >= 15 is 0 Å². The van der Waals surface area contributed by atoms with E-state index in [4.69, 9.17) is 0 Å². The molecule has 3 N–H and O–H groups in total. The molecule has 1 fully saturated rings. The highest BCUT2D eigenvalue weighted by molar-refractivity contribution is 5.98. The van der Waals surface area contributed by atoms with Gasteiger partial charge in [0.05, 0.1) is 0 Å². The molecular weight excluding hydrogens is 358 g/mol. The monoisotopic (exact) mass is 389 g/mol. The van der Waals surface area contributed by atoms with Gasteiger partial charge in [-0.05, 0) is 66.7 Å². The Labute approximate surface area is 174 Å². The fourth-order valence-electron chi connectivity index (χ4n) is 3.66. The molecule has 1 aliphatic heterocycles. The number of phenols is 1. The highest BCUT2D eigenvalue weighted by Crippen LogP contribution is 2.35. The Morgan fingerprint density at radius 2 is 1.66 bits per heavy atom. The molecule has 3 nitrogen and oxygen atoms in total. The number of hydrogen-bond acceptors (Lipinski definition) is 3. The predicted octanol–water partition coefficient (Wildman–Crippen LogP) is 5.19. The minimum absolute atomic E-state index is 0.162. The summed E-state index contributed by atoms with van der Waals surface area (Å²) in [6.45, 7) is 6.62. The quantitative estimate of drug-likeness (QED) is 0.430. The van der Waals surface area contributed by atoms with Gasteiger partial charge in [0.2, 0.25) is 0 Å². The number of phenolic OH excluding ortho intramolecular Hbond substituents is 1. The highest BCUT2D eigenvalue weighted by Gasteiger charge is 2.18. The molecule has 0 spiro atoms. The number of nitrogens with one attached hydrogen (secondary N) is 1. The third-order valence-electron chi connectivity index (χ3n) is 5.58. The van der Waals surface area contributed by atoms with Crippen LogP contribution in [0.25, 0.3) is 11.1 Å². The highest BCUT2D eigenvalue weighted by atomic mass is 16.3. The summed E-state index contributed by atoms with van der Waals surface area (Å²) in [6, 6.07) is 17.8. The molecule has 152 valence electrons. The second-order valence-corrected chi connectivity index (χ2v) is 7.71. The lowest BCUT2D eigenvalue weighted by Gasteiger charge is -2.27. The maximum atomic E-state index is 9.77. The van der Waals surface area contributed by atoms with Crippen LogP contribution >= 0.6 is 0 Å². The van der Waals surface area contributed by atoms with E-state index in [1.165, 1.54) is 27.9 Å². The Bertz CT molecular complexity index is 888. The van der Waals surface area contributed by atoms with Crippen molar-refractivity contribution in [2.24, 2.45) is 5.92 Å². The number of rotatable bonds is 8. The second-order valence-electron chi connectivity index (χ2n) is 7.71. The van der Waals surface area contributed by atoms with E-state index in [2.05, 4.69) is 55.6 Å². The van der Waals surface area contributed by atoms with Crippen molar-refractivity contribution in [3.63, 3.8) is 0 Å². The zero-order valence-electron chi connectivity index (χ0n) is 17.4. The van der Waals surface area contributed by atoms with E-state index in [9.17, 15) is 10.2 Å². The minimum atomic E-state index is 0.162. The van der Waals surface area contributed by atoms with Crippen LogP contribution in [-0.2, 0) is 0 Å². The first-order valence-electron chi connectivity index (χ1n) is 10.3. The van der Waals surface area contributed by atoms with Crippen molar-refractivity contribution < 1.29 is 10.2 Å². The summed E-state index contributed by atoms with van der Waals surface area (Å²) in [5, 5.41) is 22.6. The molecular formula is C26H31NO2. The third kappa shape index (κ3) is 5.47. The van der Waals surface area contributed by atoms with E-state index < -0.39 is 0 Å². The molecule has 0 radical (unpaired) electrons. The summed E-state index contributed by atoms with van der Waals surface area (Å²) in [5.74, 6) is 0.891. The van der Waals surface area contributed by atoms with E-state index in [1.54, 1.807) is 12.1 Å². The van der Waals surface area contributed by atoms with Gasteiger partial charge in [0.25, 0.3) is 0 Å². The van der Waals surface area contributed by atoms with Gasteiger partial charge in [-0.25, -0.2) is 0 Å². The molecule has 0 saturated carbocycles. The topological polar surface area (TPSA) is 52.5 Å². The zero-order valence-corrected chi connectivity index (χ0v) is 17.4. The third-order valence-corrected chi connectivity index (χ3v) is 5.58. The van der Waals surface area contributed by atoms with Crippen molar-refractivity contribution in [2.75, 3.05) is 19.7 Å². The number of aliphatic hydroxyl groups excluding tert-OH is 1. The molecule has 29 heavy (non-hydrogen) atoms. The molecule has 2 aromatic rings. The van der Waals surface area contributed by atoms with Crippen molar-refractivity contribution in [2.45, 2.75) is 26.7 Å². The first-order valence-corrected chi connectivity index (χ1v) is 10.3.